The molecule has 1 fully saturated rings. The van der Waals surface area contributed by atoms with E-state index >= 15 is 0 Å². The van der Waals surface area contributed by atoms with Crippen molar-refractivity contribution in [1.29, 1.82) is 0 Å². The molecule has 0 amide bonds. The predicted molar refractivity (Wildman–Crippen MR) is 47.4 cm³/mol. The molecule has 13 heavy (non-hydrogen) atoms. The normalized spacial score (nSPS) is 22.9. The zero-order valence-corrected chi connectivity index (χ0v) is 7.92. The fourth-order valence-corrected chi connectivity index (χ4v) is 1.70. The van der Waals surface area contributed by atoms with Crippen molar-refractivity contribution in [3.8, 4) is 0 Å². The standard InChI is InChI=1S/C9H16FNO2/c1-2-11-5-3-9(7-10,4-6-11)8(12)13/h2-7H2,1H3,(H,12,13). The summed E-state index contributed by atoms with van der Waals surface area (Å²) in [6.07, 6.45) is 0.874. The first-order chi connectivity index (χ1) is 6.14. The molecule has 0 bridgehead atoms. The Hall–Kier alpha value is -0.640. The summed E-state index contributed by atoms with van der Waals surface area (Å²) in [5.41, 5.74) is -1.09. The molecule has 0 aliphatic carbocycles. The predicted octanol–water partition coefficient (Wildman–Crippen LogP) is 1.14. The van der Waals surface area contributed by atoms with E-state index in [0.29, 0.717) is 25.9 Å². The van der Waals surface area contributed by atoms with Gasteiger partial charge in [0.05, 0.1) is 5.41 Å². The van der Waals surface area contributed by atoms with Crippen molar-refractivity contribution in [1.82, 2.24) is 4.90 Å². The second-order valence-corrected chi connectivity index (χ2v) is 3.65. The lowest BCUT2D eigenvalue weighted by Gasteiger charge is -2.36. The van der Waals surface area contributed by atoms with Crippen molar-refractivity contribution >= 4 is 5.97 Å². The molecule has 1 rings (SSSR count). The monoisotopic (exact) mass is 189 g/mol. The third-order valence-electron chi connectivity index (χ3n) is 2.97. The molecule has 0 aromatic rings. The largest absolute Gasteiger partial charge is 0.481 e. The highest BCUT2D eigenvalue weighted by atomic mass is 19.1. The van der Waals surface area contributed by atoms with Crippen LogP contribution in [0.3, 0.4) is 0 Å². The average Bonchev–Trinajstić information content (AvgIpc) is 2.17. The Morgan fingerprint density at radius 1 is 1.54 bits per heavy atom. The summed E-state index contributed by atoms with van der Waals surface area (Å²) in [7, 11) is 0. The van der Waals surface area contributed by atoms with Crippen LogP contribution in [0.5, 0.6) is 0 Å². The molecular formula is C9H16FNO2. The van der Waals surface area contributed by atoms with Gasteiger partial charge in [-0.25, -0.2) is 4.39 Å². The van der Waals surface area contributed by atoms with E-state index in [1.54, 1.807) is 0 Å². The Labute approximate surface area is 77.5 Å². The number of carboxylic acids is 1. The van der Waals surface area contributed by atoms with Gasteiger partial charge in [-0.15, -0.1) is 0 Å². The number of aliphatic carboxylic acids is 1. The van der Waals surface area contributed by atoms with E-state index in [2.05, 4.69) is 4.90 Å². The molecular weight excluding hydrogens is 173 g/mol. The van der Waals surface area contributed by atoms with Crippen molar-refractivity contribution in [3.05, 3.63) is 0 Å². The first kappa shape index (κ1) is 10.4. The number of likely N-dealkylation sites (tertiary alicyclic amines) is 1. The van der Waals surface area contributed by atoms with E-state index in [-0.39, 0.29) is 0 Å². The van der Waals surface area contributed by atoms with Crippen LogP contribution in [0.2, 0.25) is 0 Å². The van der Waals surface area contributed by atoms with Crippen molar-refractivity contribution in [2.75, 3.05) is 26.3 Å². The summed E-state index contributed by atoms with van der Waals surface area (Å²) in [5, 5.41) is 8.89. The SMILES string of the molecule is CCN1CCC(CF)(C(=O)O)CC1. The number of alkyl halides is 1. The van der Waals surface area contributed by atoms with Crippen LogP contribution in [-0.4, -0.2) is 42.3 Å². The fourth-order valence-electron chi connectivity index (χ4n) is 1.70. The lowest BCUT2D eigenvalue weighted by atomic mass is 9.80. The molecule has 0 radical (unpaired) electrons. The summed E-state index contributed by atoms with van der Waals surface area (Å²) in [6, 6.07) is 0. The van der Waals surface area contributed by atoms with Gasteiger partial charge >= 0.3 is 5.97 Å². The number of nitrogens with zero attached hydrogens (tertiary/aromatic N) is 1. The first-order valence-corrected chi connectivity index (χ1v) is 4.66. The van der Waals surface area contributed by atoms with E-state index in [1.165, 1.54) is 0 Å². The van der Waals surface area contributed by atoms with Gasteiger partial charge in [0.1, 0.15) is 6.67 Å². The minimum absolute atomic E-state index is 0.437. The highest BCUT2D eigenvalue weighted by Gasteiger charge is 2.41. The molecule has 1 aliphatic rings. The van der Waals surface area contributed by atoms with Gasteiger partial charge in [-0.2, -0.15) is 0 Å². The number of halogens is 1. The van der Waals surface area contributed by atoms with Gasteiger partial charge in [0.2, 0.25) is 0 Å². The maximum atomic E-state index is 12.6. The lowest BCUT2D eigenvalue weighted by molar-refractivity contribution is -0.153. The summed E-state index contributed by atoms with van der Waals surface area (Å²) in [5.74, 6) is -0.981. The summed E-state index contributed by atoms with van der Waals surface area (Å²) < 4.78 is 12.6. The molecule has 0 unspecified atom stereocenters. The average molecular weight is 189 g/mol. The van der Waals surface area contributed by atoms with Crippen LogP contribution in [0.4, 0.5) is 4.39 Å². The van der Waals surface area contributed by atoms with Crippen LogP contribution in [0, 0.1) is 5.41 Å². The summed E-state index contributed by atoms with van der Waals surface area (Å²) in [4.78, 5) is 13.0. The van der Waals surface area contributed by atoms with E-state index in [1.807, 2.05) is 6.92 Å². The highest BCUT2D eigenvalue weighted by Crippen LogP contribution is 2.32. The minimum Gasteiger partial charge on any atom is -0.481 e. The van der Waals surface area contributed by atoms with Crippen LogP contribution >= 0.6 is 0 Å². The van der Waals surface area contributed by atoms with Crippen molar-refractivity contribution in [2.24, 2.45) is 5.41 Å². The lowest BCUT2D eigenvalue weighted by Crippen LogP contribution is -2.45. The van der Waals surface area contributed by atoms with Crippen molar-refractivity contribution in [3.63, 3.8) is 0 Å². The Morgan fingerprint density at radius 3 is 2.38 bits per heavy atom. The zero-order chi connectivity index (χ0) is 9.90. The molecule has 76 valence electrons. The number of carboxylic acid groups (broad SMARTS) is 1. The summed E-state index contributed by atoms with van der Waals surface area (Å²) >= 11 is 0. The first-order valence-electron chi connectivity index (χ1n) is 4.66. The van der Waals surface area contributed by atoms with Gasteiger partial charge in [-0.1, -0.05) is 6.92 Å². The molecule has 0 atom stereocenters. The number of hydrogen-bond donors (Lipinski definition) is 1. The van der Waals surface area contributed by atoms with Gasteiger partial charge in [0, 0.05) is 0 Å². The Morgan fingerprint density at radius 2 is 2.08 bits per heavy atom. The fraction of sp³-hybridized carbons (Fsp3) is 0.889. The second-order valence-electron chi connectivity index (χ2n) is 3.65. The van der Waals surface area contributed by atoms with Gasteiger partial charge in [0.25, 0.3) is 0 Å². The number of hydrogen-bond acceptors (Lipinski definition) is 2. The van der Waals surface area contributed by atoms with Crippen LogP contribution in [-0.2, 0) is 4.79 Å². The molecule has 0 spiro atoms. The number of carbonyl (C=O) groups is 1. The third kappa shape index (κ3) is 1.99. The maximum absolute atomic E-state index is 12.6. The van der Waals surface area contributed by atoms with Gasteiger partial charge in [-0.05, 0) is 32.5 Å². The number of piperidine rings is 1. The molecule has 0 aromatic heterocycles. The highest BCUT2D eigenvalue weighted by molar-refractivity contribution is 5.75. The molecule has 1 aliphatic heterocycles. The summed E-state index contributed by atoms with van der Waals surface area (Å²) in [6.45, 7) is 3.62. The topological polar surface area (TPSA) is 40.5 Å². The maximum Gasteiger partial charge on any atom is 0.312 e. The van der Waals surface area contributed by atoms with Crippen molar-refractivity contribution < 1.29 is 14.3 Å². The van der Waals surface area contributed by atoms with E-state index in [9.17, 15) is 9.18 Å². The van der Waals surface area contributed by atoms with Gasteiger partial charge < -0.3 is 10.0 Å². The van der Waals surface area contributed by atoms with Gasteiger partial charge in [-0.3, -0.25) is 4.79 Å². The smallest absolute Gasteiger partial charge is 0.312 e. The number of rotatable bonds is 3. The molecule has 1 saturated heterocycles. The Kier molecular flexibility index (Phi) is 3.25. The quantitative estimate of drug-likeness (QED) is 0.723. The molecule has 0 aromatic carbocycles. The minimum atomic E-state index is -1.09. The Bertz CT molecular complexity index is 188. The van der Waals surface area contributed by atoms with Gasteiger partial charge in [0.15, 0.2) is 0 Å². The molecule has 0 saturated carbocycles. The van der Waals surface area contributed by atoms with Crippen LogP contribution in [0.25, 0.3) is 0 Å². The van der Waals surface area contributed by atoms with E-state index < -0.39 is 18.1 Å². The molecule has 4 heteroatoms. The molecule has 1 N–H and O–H groups in total. The van der Waals surface area contributed by atoms with Crippen LogP contribution in [0.1, 0.15) is 19.8 Å². The molecule has 3 nitrogen and oxygen atoms in total. The zero-order valence-electron chi connectivity index (χ0n) is 7.92. The van der Waals surface area contributed by atoms with Crippen LogP contribution < -0.4 is 0 Å². The van der Waals surface area contributed by atoms with E-state index in [4.69, 9.17) is 5.11 Å². The third-order valence-corrected chi connectivity index (χ3v) is 2.97. The second kappa shape index (κ2) is 4.05. The van der Waals surface area contributed by atoms with Crippen molar-refractivity contribution in [2.45, 2.75) is 19.8 Å². The molecule has 1 heterocycles. The Balaban J connectivity index is 2.58. The van der Waals surface area contributed by atoms with E-state index in [0.717, 1.165) is 6.54 Å². The van der Waals surface area contributed by atoms with Crippen LogP contribution in [0.15, 0.2) is 0 Å².